The van der Waals surface area contributed by atoms with E-state index >= 15 is 0 Å². The molecule has 9 heteroatoms. The number of oxime groups is 1. The summed E-state index contributed by atoms with van der Waals surface area (Å²) in [6, 6.07) is 13.0. The van der Waals surface area contributed by atoms with Crippen LogP contribution in [0.3, 0.4) is 0 Å². The van der Waals surface area contributed by atoms with Crippen LogP contribution in [0.15, 0.2) is 69.1 Å². The summed E-state index contributed by atoms with van der Waals surface area (Å²) in [7, 11) is 0. The first kappa shape index (κ1) is 20.2. The molecule has 3 rings (SSSR count). The van der Waals surface area contributed by atoms with Gasteiger partial charge >= 0.3 is 6.18 Å². The van der Waals surface area contributed by atoms with Gasteiger partial charge in [0.05, 0.1) is 17.3 Å². The Balaban J connectivity index is 1.52. The minimum atomic E-state index is -4.36. The van der Waals surface area contributed by atoms with Crippen molar-refractivity contribution in [2.45, 2.75) is 26.3 Å². The van der Waals surface area contributed by atoms with E-state index < -0.39 is 11.7 Å². The fraction of sp³-hybridized carbons (Fsp3) is 0.200. The monoisotopic (exact) mass is 406 g/mol. The van der Waals surface area contributed by atoms with E-state index in [1.807, 2.05) is 0 Å². The number of hydrogen-bond donors (Lipinski definition) is 1. The molecule has 0 radical (unpaired) electrons. The fourth-order valence-corrected chi connectivity index (χ4v) is 2.39. The van der Waals surface area contributed by atoms with E-state index in [1.54, 1.807) is 31.2 Å². The van der Waals surface area contributed by atoms with Crippen molar-refractivity contribution in [2.24, 2.45) is 5.16 Å². The van der Waals surface area contributed by atoms with E-state index in [4.69, 9.17) is 14.1 Å². The molecular weight excluding hydrogens is 389 g/mol. The van der Waals surface area contributed by atoms with E-state index in [9.17, 15) is 18.0 Å². The predicted molar refractivity (Wildman–Crippen MR) is 98.5 cm³/mol. The Kier molecular flexibility index (Phi) is 6.06. The Bertz CT molecular complexity index is 1020. The molecule has 1 N–H and O–H groups in total. The summed E-state index contributed by atoms with van der Waals surface area (Å²) in [5.74, 6) is 0.963. The highest BCUT2D eigenvalue weighted by Crippen LogP contribution is 2.29. The van der Waals surface area contributed by atoms with Crippen molar-refractivity contribution in [3.05, 3.63) is 87.4 Å². The van der Waals surface area contributed by atoms with Gasteiger partial charge in [-0.15, -0.1) is 0 Å². The van der Waals surface area contributed by atoms with Gasteiger partial charge in [0.2, 0.25) is 0 Å². The average Bonchev–Trinajstić information content (AvgIpc) is 3.11. The molecule has 0 fully saturated rings. The van der Waals surface area contributed by atoms with Crippen molar-refractivity contribution in [1.82, 2.24) is 5.16 Å². The van der Waals surface area contributed by atoms with Gasteiger partial charge in [-0.05, 0) is 54.4 Å². The van der Waals surface area contributed by atoms with Gasteiger partial charge in [0.1, 0.15) is 19.0 Å². The van der Waals surface area contributed by atoms with E-state index in [1.165, 1.54) is 18.2 Å². The molecule has 0 saturated heterocycles. The van der Waals surface area contributed by atoms with Crippen molar-refractivity contribution in [3.63, 3.8) is 0 Å². The number of H-pyrrole nitrogens is 1. The minimum absolute atomic E-state index is 0.0541. The van der Waals surface area contributed by atoms with Crippen molar-refractivity contribution < 1.29 is 27.3 Å². The molecule has 1 aromatic heterocycles. The number of aromatic nitrogens is 1. The highest BCUT2D eigenvalue weighted by molar-refractivity contribution is 5.98. The first-order valence-corrected chi connectivity index (χ1v) is 8.54. The quantitative estimate of drug-likeness (QED) is 0.463. The SMILES string of the molecule is C/C(=N\OCc1ccc(C(F)(F)F)cc1)c1ccc(OCc2cc(=O)[nH]o2)cc1. The Morgan fingerprint density at radius 2 is 1.76 bits per heavy atom. The number of alkyl halides is 3. The highest BCUT2D eigenvalue weighted by atomic mass is 19.4. The molecule has 0 bridgehead atoms. The lowest BCUT2D eigenvalue weighted by atomic mass is 10.1. The highest BCUT2D eigenvalue weighted by Gasteiger charge is 2.29. The second-order valence-electron chi connectivity index (χ2n) is 6.14. The van der Waals surface area contributed by atoms with Crippen LogP contribution in [0.4, 0.5) is 13.2 Å². The summed E-state index contributed by atoms with van der Waals surface area (Å²) in [5, 5.41) is 6.17. The lowest BCUT2D eigenvalue weighted by Gasteiger charge is -2.08. The fourth-order valence-electron chi connectivity index (χ4n) is 2.39. The maximum atomic E-state index is 12.5. The summed E-state index contributed by atoms with van der Waals surface area (Å²) >= 11 is 0. The van der Waals surface area contributed by atoms with Gasteiger partial charge in [0.25, 0.3) is 5.56 Å². The van der Waals surface area contributed by atoms with Gasteiger partial charge in [-0.3, -0.25) is 4.79 Å². The zero-order chi connectivity index (χ0) is 20.9. The lowest BCUT2D eigenvalue weighted by molar-refractivity contribution is -0.137. The molecular formula is C20H17F3N2O4. The number of benzene rings is 2. The van der Waals surface area contributed by atoms with Gasteiger partial charge in [-0.25, -0.2) is 0 Å². The molecule has 0 spiro atoms. The lowest BCUT2D eigenvalue weighted by Crippen LogP contribution is -2.04. The average molecular weight is 406 g/mol. The Labute approximate surface area is 163 Å². The van der Waals surface area contributed by atoms with Crippen molar-refractivity contribution in [2.75, 3.05) is 0 Å². The van der Waals surface area contributed by atoms with Crippen LogP contribution >= 0.6 is 0 Å². The molecule has 0 aliphatic rings. The minimum Gasteiger partial charge on any atom is -0.486 e. The van der Waals surface area contributed by atoms with Gasteiger partial charge < -0.3 is 14.1 Å². The van der Waals surface area contributed by atoms with Crippen molar-refractivity contribution >= 4 is 5.71 Å². The number of ether oxygens (including phenoxy) is 1. The summed E-state index contributed by atoms with van der Waals surface area (Å²) in [6.45, 7) is 1.91. The van der Waals surface area contributed by atoms with Gasteiger partial charge in [-0.1, -0.05) is 17.3 Å². The second-order valence-corrected chi connectivity index (χ2v) is 6.14. The van der Waals surface area contributed by atoms with Crippen LogP contribution in [0.25, 0.3) is 0 Å². The molecule has 1 heterocycles. The molecule has 2 aromatic carbocycles. The summed E-state index contributed by atoms with van der Waals surface area (Å²) < 4.78 is 48.1. The molecule has 29 heavy (non-hydrogen) atoms. The van der Waals surface area contributed by atoms with Crippen LogP contribution in [0.2, 0.25) is 0 Å². The maximum absolute atomic E-state index is 12.5. The summed E-state index contributed by atoms with van der Waals surface area (Å²) in [4.78, 5) is 16.2. The predicted octanol–water partition coefficient (Wildman–Crippen LogP) is 4.51. The normalized spacial score (nSPS) is 12.1. The van der Waals surface area contributed by atoms with Crippen molar-refractivity contribution in [1.29, 1.82) is 0 Å². The van der Waals surface area contributed by atoms with E-state index in [2.05, 4.69) is 10.3 Å². The molecule has 3 aromatic rings. The number of rotatable bonds is 7. The third-order valence-electron chi connectivity index (χ3n) is 3.94. The number of aromatic amines is 1. The first-order valence-electron chi connectivity index (χ1n) is 8.54. The summed E-state index contributed by atoms with van der Waals surface area (Å²) in [6.07, 6.45) is -4.36. The Hall–Kier alpha value is -3.49. The first-order chi connectivity index (χ1) is 13.8. The molecule has 0 saturated carbocycles. The third-order valence-corrected chi connectivity index (χ3v) is 3.94. The smallest absolute Gasteiger partial charge is 0.416 e. The van der Waals surface area contributed by atoms with Crippen LogP contribution in [0.1, 0.15) is 29.4 Å². The number of nitrogens with one attached hydrogen (secondary N) is 1. The van der Waals surface area contributed by atoms with Crippen LogP contribution in [0.5, 0.6) is 5.75 Å². The molecule has 0 amide bonds. The van der Waals surface area contributed by atoms with Crippen LogP contribution in [0, 0.1) is 0 Å². The summed E-state index contributed by atoms with van der Waals surface area (Å²) in [5.41, 5.74) is 0.928. The molecule has 6 nitrogen and oxygen atoms in total. The van der Waals surface area contributed by atoms with E-state index in [0.29, 0.717) is 22.8 Å². The van der Waals surface area contributed by atoms with Crippen molar-refractivity contribution in [3.8, 4) is 5.75 Å². The second kappa shape index (κ2) is 8.68. The van der Waals surface area contributed by atoms with E-state index in [0.717, 1.165) is 17.7 Å². The molecule has 0 aliphatic carbocycles. The van der Waals surface area contributed by atoms with Crippen LogP contribution in [-0.4, -0.2) is 10.9 Å². The number of hydrogen-bond acceptors (Lipinski definition) is 5. The molecule has 0 atom stereocenters. The number of nitrogens with zero attached hydrogens (tertiary/aromatic N) is 1. The zero-order valence-electron chi connectivity index (χ0n) is 15.3. The topological polar surface area (TPSA) is 76.8 Å². The molecule has 0 aliphatic heterocycles. The maximum Gasteiger partial charge on any atom is 0.416 e. The van der Waals surface area contributed by atoms with E-state index in [-0.39, 0.29) is 18.8 Å². The largest absolute Gasteiger partial charge is 0.486 e. The standard InChI is InChI=1S/C20H17F3N2O4/c1-13(24-28-11-14-2-6-16(7-3-14)20(21,22)23)15-4-8-17(9-5-15)27-12-18-10-19(26)25-29-18/h2-10H,11-12H2,1H3,(H,25,26)/b24-13+. The Morgan fingerprint density at radius 1 is 1.07 bits per heavy atom. The molecule has 152 valence electrons. The zero-order valence-corrected chi connectivity index (χ0v) is 15.3. The Morgan fingerprint density at radius 3 is 2.34 bits per heavy atom. The van der Waals surface area contributed by atoms with Gasteiger partial charge in [-0.2, -0.15) is 18.3 Å². The van der Waals surface area contributed by atoms with Gasteiger partial charge in [0.15, 0.2) is 5.76 Å². The molecule has 0 unspecified atom stereocenters. The third kappa shape index (κ3) is 5.74. The number of halogens is 3. The van der Waals surface area contributed by atoms with Gasteiger partial charge in [0, 0.05) is 0 Å². The van der Waals surface area contributed by atoms with Crippen LogP contribution < -0.4 is 10.3 Å². The van der Waals surface area contributed by atoms with Crippen LogP contribution in [-0.2, 0) is 24.2 Å².